The Hall–Kier alpha value is -2.22. The molecule has 0 aliphatic carbocycles. The van der Waals surface area contributed by atoms with Gasteiger partial charge in [0.15, 0.2) is 0 Å². The topological polar surface area (TPSA) is 70.6 Å². The summed E-state index contributed by atoms with van der Waals surface area (Å²) >= 11 is 2.18. The van der Waals surface area contributed by atoms with Crippen LogP contribution in [0.15, 0.2) is 53.6 Å². The number of aryl methyl sites for hydroxylation is 1. The largest absolute Gasteiger partial charge is 0.329 e. The van der Waals surface area contributed by atoms with Gasteiger partial charge in [0.25, 0.3) is 0 Å². The van der Waals surface area contributed by atoms with Gasteiger partial charge in [0.2, 0.25) is 0 Å². The third-order valence-corrected chi connectivity index (χ3v) is 3.50. The number of hydrogen-bond donors (Lipinski definition) is 2. The Balaban J connectivity index is 1.92. The number of rotatable bonds is 3. The number of para-hydroxylation sites is 1. The molecule has 2 rings (SSSR count). The van der Waals surface area contributed by atoms with Crippen LogP contribution in [0.2, 0.25) is 0 Å². The summed E-state index contributed by atoms with van der Waals surface area (Å²) < 4.78 is 1.06. The fourth-order valence-corrected chi connectivity index (χ4v) is 2.26. The van der Waals surface area contributed by atoms with Crippen molar-refractivity contribution in [3.63, 3.8) is 0 Å². The van der Waals surface area contributed by atoms with E-state index < -0.39 is 11.8 Å². The molecule has 0 saturated heterocycles. The van der Waals surface area contributed by atoms with Crippen LogP contribution in [0.25, 0.3) is 0 Å². The van der Waals surface area contributed by atoms with Crippen molar-refractivity contribution in [1.82, 2.24) is 5.43 Å². The van der Waals surface area contributed by atoms with Crippen LogP contribution >= 0.6 is 22.6 Å². The lowest BCUT2D eigenvalue weighted by molar-refractivity contribution is -0.136. The summed E-state index contributed by atoms with van der Waals surface area (Å²) in [5.74, 6) is -1.57. The number of carbonyl (C=O) groups excluding carboxylic acids is 2. The molecular formula is C16H14IN3O2. The zero-order chi connectivity index (χ0) is 15.9. The number of amides is 2. The highest BCUT2D eigenvalue weighted by Crippen LogP contribution is 2.12. The minimum atomic E-state index is -0.815. The Labute approximate surface area is 141 Å². The highest BCUT2D eigenvalue weighted by molar-refractivity contribution is 14.1. The van der Waals surface area contributed by atoms with E-state index in [0.29, 0.717) is 5.69 Å². The Kier molecular flexibility index (Phi) is 5.65. The molecule has 0 atom stereocenters. The van der Waals surface area contributed by atoms with Crippen LogP contribution < -0.4 is 10.7 Å². The van der Waals surface area contributed by atoms with E-state index in [1.807, 2.05) is 43.3 Å². The van der Waals surface area contributed by atoms with Crippen molar-refractivity contribution < 1.29 is 9.59 Å². The van der Waals surface area contributed by atoms with Gasteiger partial charge >= 0.3 is 11.8 Å². The maximum atomic E-state index is 11.8. The van der Waals surface area contributed by atoms with Gasteiger partial charge in [-0.05, 0) is 58.8 Å². The van der Waals surface area contributed by atoms with Gasteiger partial charge in [-0.2, -0.15) is 5.10 Å². The second kappa shape index (κ2) is 7.69. The molecule has 2 amide bonds. The van der Waals surface area contributed by atoms with Gasteiger partial charge in [0.1, 0.15) is 0 Å². The predicted molar refractivity (Wildman–Crippen MR) is 94.7 cm³/mol. The van der Waals surface area contributed by atoms with Crippen LogP contribution in [0, 0.1) is 10.5 Å². The van der Waals surface area contributed by atoms with E-state index in [2.05, 4.69) is 38.4 Å². The van der Waals surface area contributed by atoms with Crippen LogP contribution in [0.5, 0.6) is 0 Å². The molecule has 5 nitrogen and oxygen atoms in total. The zero-order valence-electron chi connectivity index (χ0n) is 11.8. The van der Waals surface area contributed by atoms with Crippen molar-refractivity contribution in [3.8, 4) is 0 Å². The summed E-state index contributed by atoms with van der Waals surface area (Å²) in [5.41, 5.74) is 4.53. The van der Waals surface area contributed by atoms with Gasteiger partial charge in [-0.1, -0.05) is 30.3 Å². The summed E-state index contributed by atoms with van der Waals surface area (Å²) in [6.07, 6.45) is 1.49. The Morgan fingerprint density at radius 1 is 1.09 bits per heavy atom. The van der Waals surface area contributed by atoms with E-state index in [9.17, 15) is 9.59 Å². The van der Waals surface area contributed by atoms with E-state index >= 15 is 0 Å². The molecule has 0 fully saturated rings. The summed E-state index contributed by atoms with van der Waals surface area (Å²) in [7, 11) is 0. The number of hydrogen-bond acceptors (Lipinski definition) is 3. The summed E-state index contributed by atoms with van der Waals surface area (Å²) in [5, 5.41) is 6.32. The third-order valence-electron chi connectivity index (χ3n) is 2.83. The molecule has 2 aromatic carbocycles. The lowest BCUT2D eigenvalue weighted by Gasteiger charge is -2.06. The Bertz CT molecular complexity index is 729. The quantitative estimate of drug-likeness (QED) is 0.356. The maximum Gasteiger partial charge on any atom is 0.329 e. The Morgan fingerprint density at radius 2 is 1.86 bits per heavy atom. The van der Waals surface area contributed by atoms with E-state index in [1.54, 1.807) is 12.1 Å². The first-order valence-corrected chi connectivity index (χ1v) is 7.60. The minimum Gasteiger partial charge on any atom is -0.317 e. The monoisotopic (exact) mass is 407 g/mol. The SMILES string of the molecule is Cc1ccccc1NC(=O)C(=O)NN=Cc1cccc(I)c1. The molecule has 6 heteroatoms. The molecule has 22 heavy (non-hydrogen) atoms. The maximum absolute atomic E-state index is 11.8. The molecule has 2 N–H and O–H groups in total. The van der Waals surface area contributed by atoms with Crippen LogP contribution in [0.1, 0.15) is 11.1 Å². The summed E-state index contributed by atoms with van der Waals surface area (Å²) in [6.45, 7) is 1.85. The van der Waals surface area contributed by atoms with Crippen molar-refractivity contribution in [3.05, 3.63) is 63.2 Å². The van der Waals surface area contributed by atoms with Gasteiger partial charge in [0, 0.05) is 9.26 Å². The van der Waals surface area contributed by atoms with Gasteiger partial charge in [-0.3, -0.25) is 9.59 Å². The fourth-order valence-electron chi connectivity index (χ4n) is 1.70. The van der Waals surface area contributed by atoms with Crippen LogP contribution in [0.3, 0.4) is 0 Å². The predicted octanol–water partition coefficient (Wildman–Crippen LogP) is 2.69. The molecule has 0 heterocycles. The van der Waals surface area contributed by atoms with Gasteiger partial charge in [-0.15, -0.1) is 0 Å². The van der Waals surface area contributed by atoms with E-state index in [-0.39, 0.29) is 0 Å². The molecule has 0 saturated carbocycles. The van der Waals surface area contributed by atoms with E-state index in [0.717, 1.165) is 14.7 Å². The van der Waals surface area contributed by atoms with Gasteiger partial charge in [-0.25, -0.2) is 5.43 Å². The molecule has 0 radical (unpaired) electrons. The molecule has 0 bridgehead atoms. The van der Waals surface area contributed by atoms with Crippen molar-refractivity contribution in [2.45, 2.75) is 6.92 Å². The first kappa shape index (κ1) is 16.2. The first-order chi connectivity index (χ1) is 10.6. The number of halogens is 1. The fraction of sp³-hybridized carbons (Fsp3) is 0.0625. The first-order valence-electron chi connectivity index (χ1n) is 6.52. The summed E-state index contributed by atoms with van der Waals surface area (Å²) in [4.78, 5) is 23.4. The van der Waals surface area contributed by atoms with Crippen molar-refractivity contribution in [2.24, 2.45) is 5.10 Å². The average molecular weight is 407 g/mol. The zero-order valence-corrected chi connectivity index (χ0v) is 14.0. The van der Waals surface area contributed by atoms with Crippen LogP contribution in [0.4, 0.5) is 5.69 Å². The molecule has 0 unspecified atom stereocenters. The van der Waals surface area contributed by atoms with Crippen molar-refractivity contribution in [2.75, 3.05) is 5.32 Å². The second-order valence-electron chi connectivity index (χ2n) is 4.52. The molecule has 2 aromatic rings. The van der Waals surface area contributed by atoms with Crippen molar-refractivity contribution in [1.29, 1.82) is 0 Å². The number of hydrazone groups is 1. The lowest BCUT2D eigenvalue weighted by Crippen LogP contribution is -2.32. The number of carbonyl (C=O) groups is 2. The molecule has 0 aromatic heterocycles. The van der Waals surface area contributed by atoms with Crippen LogP contribution in [-0.2, 0) is 9.59 Å². The van der Waals surface area contributed by atoms with Gasteiger partial charge < -0.3 is 5.32 Å². The summed E-state index contributed by atoms with van der Waals surface area (Å²) in [6, 6.07) is 14.8. The smallest absolute Gasteiger partial charge is 0.317 e. The molecule has 0 aliphatic heterocycles. The van der Waals surface area contributed by atoms with Crippen molar-refractivity contribution >= 4 is 46.3 Å². The molecule has 112 valence electrons. The number of anilines is 1. The second-order valence-corrected chi connectivity index (χ2v) is 5.77. The standard InChI is InChI=1S/C16H14IN3O2/c1-11-5-2-3-8-14(11)19-15(21)16(22)20-18-10-12-6-4-7-13(17)9-12/h2-10H,1H3,(H,19,21)(H,20,22). The highest BCUT2D eigenvalue weighted by atomic mass is 127. The molecule has 0 spiro atoms. The normalized spacial score (nSPS) is 10.5. The molecular weight excluding hydrogens is 393 g/mol. The van der Waals surface area contributed by atoms with E-state index in [1.165, 1.54) is 6.21 Å². The number of nitrogens with zero attached hydrogens (tertiary/aromatic N) is 1. The third kappa shape index (κ3) is 4.66. The molecule has 0 aliphatic rings. The average Bonchev–Trinajstić information content (AvgIpc) is 2.49. The van der Waals surface area contributed by atoms with E-state index in [4.69, 9.17) is 0 Å². The lowest BCUT2D eigenvalue weighted by atomic mass is 10.2. The van der Waals surface area contributed by atoms with Crippen LogP contribution in [-0.4, -0.2) is 18.0 Å². The minimum absolute atomic E-state index is 0.601. The number of nitrogens with one attached hydrogen (secondary N) is 2. The highest BCUT2D eigenvalue weighted by Gasteiger charge is 2.13. The number of benzene rings is 2. The van der Waals surface area contributed by atoms with Gasteiger partial charge in [0.05, 0.1) is 6.21 Å². The Morgan fingerprint density at radius 3 is 2.59 bits per heavy atom.